The highest BCUT2D eigenvalue weighted by molar-refractivity contribution is 7.09. The molecule has 2 unspecified atom stereocenters. The molecule has 0 aliphatic carbocycles. The fourth-order valence-corrected chi connectivity index (χ4v) is 3.44. The van der Waals surface area contributed by atoms with Crippen molar-refractivity contribution in [1.29, 1.82) is 0 Å². The maximum Gasteiger partial charge on any atom is 0.109 e. The van der Waals surface area contributed by atoms with Crippen LogP contribution in [0.3, 0.4) is 0 Å². The van der Waals surface area contributed by atoms with Crippen molar-refractivity contribution in [3.05, 3.63) is 16.6 Å². The van der Waals surface area contributed by atoms with Crippen molar-refractivity contribution < 1.29 is 0 Å². The highest BCUT2D eigenvalue weighted by atomic mass is 32.1. The second kappa shape index (κ2) is 7.50. The summed E-state index contributed by atoms with van der Waals surface area (Å²) in [5, 5.41) is 6.90. The lowest BCUT2D eigenvalue weighted by atomic mass is 10.0. The zero-order valence-corrected chi connectivity index (χ0v) is 14.0. The van der Waals surface area contributed by atoms with Crippen LogP contribution in [0.25, 0.3) is 0 Å². The molecule has 1 N–H and O–H groups in total. The Balaban J connectivity index is 1.86. The van der Waals surface area contributed by atoms with E-state index in [1.165, 1.54) is 31.2 Å². The highest BCUT2D eigenvalue weighted by Gasteiger charge is 2.25. The van der Waals surface area contributed by atoms with E-state index in [-0.39, 0.29) is 0 Å². The van der Waals surface area contributed by atoms with Gasteiger partial charge < -0.3 is 10.2 Å². The normalized spacial score (nSPS) is 21.2. The van der Waals surface area contributed by atoms with Crippen LogP contribution in [0.15, 0.2) is 11.6 Å². The molecule has 1 aromatic heterocycles. The second-order valence-electron chi connectivity index (χ2n) is 6.15. The molecule has 114 valence electrons. The van der Waals surface area contributed by atoms with Crippen LogP contribution in [0.4, 0.5) is 0 Å². The molecule has 1 aliphatic heterocycles. The third-order valence-electron chi connectivity index (χ3n) is 4.23. The molecule has 0 aromatic carbocycles. The van der Waals surface area contributed by atoms with E-state index in [9.17, 15) is 0 Å². The first-order valence-corrected chi connectivity index (χ1v) is 8.51. The lowest BCUT2D eigenvalue weighted by molar-refractivity contribution is 0.0863. The molecule has 1 aromatic rings. The maximum atomic E-state index is 4.40. The lowest BCUT2D eigenvalue weighted by Crippen LogP contribution is -2.53. The Morgan fingerprint density at radius 3 is 2.50 bits per heavy atom. The standard InChI is InChI=1S/C15H28N4S/c1-12(2)14(19-8-6-18(4)7-9-19)11-17-13(3)15-16-5-10-20-15/h5,10,12-14,17H,6-9,11H2,1-4H3. The van der Waals surface area contributed by atoms with E-state index < -0.39 is 0 Å². The van der Waals surface area contributed by atoms with Crippen LogP contribution in [0.2, 0.25) is 0 Å². The number of piperazine rings is 1. The Morgan fingerprint density at radius 2 is 1.95 bits per heavy atom. The summed E-state index contributed by atoms with van der Waals surface area (Å²) in [7, 11) is 2.21. The molecule has 0 radical (unpaired) electrons. The van der Waals surface area contributed by atoms with Gasteiger partial charge in [-0.25, -0.2) is 4.98 Å². The third-order valence-corrected chi connectivity index (χ3v) is 5.19. The van der Waals surface area contributed by atoms with Gasteiger partial charge in [0.15, 0.2) is 0 Å². The summed E-state index contributed by atoms with van der Waals surface area (Å²) >= 11 is 1.73. The van der Waals surface area contributed by atoms with Gasteiger partial charge in [0.2, 0.25) is 0 Å². The van der Waals surface area contributed by atoms with Crippen molar-refractivity contribution in [2.45, 2.75) is 32.9 Å². The smallest absolute Gasteiger partial charge is 0.109 e. The molecule has 1 aliphatic rings. The summed E-state index contributed by atoms with van der Waals surface area (Å²) in [6, 6.07) is 0.967. The molecule has 4 nitrogen and oxygen atoms in total. The van der Waals surface area contributed by atoms with Gasteiger partial charge in [-0.1, -0.05) is 13.8 Å². The summed E-state index contributed by atoms with van der Waals surface area (Å²) in [6.45, 7) is 12.7. The van der Waals surface area contributed by atoms with Crippen molar-refractivity contribution in [2.75, 3.05) is 39.8 Å². The van der Waals surface area contributed by atoms with Crippen molar-refractivity contribution in [3.8, 4) is 0 Å². The fourth-order valence-electron chi connectivity index (χ4n) is 2.77. The SMILES string of the molecule is CC(NCC(C(C)C)N1CCN(C)CC1)c1nccs1. The van der Waals surface area contributed by atoms with Crippen LogP contribution in [-0.2, 0) is 0 Å². The number of likely N-dealkylation sites (N-methyl/N-ethyl adjacent to an activating group) is 1. The monoisotopic (exact) mass is 296 g/mol. The van der Waals surface area contributed by atoms with Gasteiger partial charge in [0.25, 0.3) is 0 Å². The van der Waals surface area contributed by atoms with E-state index in [1.54, 1.807) is 11.3 Å². The van der Waals surface area contributed by atoms with Crippen LogP contribution >= 0.6 is 11.3 Å². The first-order chi connectivity index (χ1) is 9.58. The van der Waals surface area contributed by atoms with Crippen molar-refractivity contribution in [2.24, 2.45) is 5.92 Å². The molecule has 2 heterocycles. The van der Waals surface area contributed by atoms with Gasteiger partial charge in [-0.2, -0.15) is 0 Å². The first kappa shape index (κ1) is 15.9. The topological polar surface area (TPSA) is 31.4 Å². The summed E-state index contributed by atoms with van der Waals surface area (Å²) in [5.41, 5.74) is 0. The number of nitrogens with one attached hydrogen (secondary N) is 1. The van der Waals surface area contributed by atoms with E-state index in [0.29, 0.717) is 18.0 Å². The van der Waals surface area contributed by atoms with Gasteiger partial charge in [-0.3, -0.25) is 4.90 Å². The number of hydrogen-bond acceptors (Lipinski definition) is 5. The minimum atomic E-state index is 0.351. The van der Waals surface area contributed by atoms with Gasteiger partial charge in [-0.15, -0.1) is 11.3 Å². The average molecular weight is 296 g/mol. The van der Waals surface area contributed by atoms with Crippen LogP contribution < -0.4 is 5.32 Å². The summed E-state index contributed by atoms with van der Waals surface area (Å²) < 4.78 is 0. The first-order valence-electron chi connectivity index (χ1n) is 7.63. The molecule has 20 heavy (non-hydrogen) atoms. The third kappa shape index (κ3) is 4.25. The van der Waals surface area contributed by atoms with Crippen molar-refractivity contribution in [1.82, 2.24) is 20.1 Å². The molecule has 0 saturated carbocycles. The Kier molecular flexibility index (Phi) is 5.96. The number of hydrogen-bond donors (Lipinski definition) is 1. The minimum Gasteiger partial charge on any atom is -0.307 e. The zero-order valence-electron chi connectivity index (χ0n) is 13.2. The Bertz CT molecular complexity index is 371. The van der Waals surface area contributed by atoms with Gasteiger partial charge in [0, 0.05) is 50.3 Å². The molecule has 0 bridgehead atoms. The van der Waals surface area contributed by atoms with Crippen LogP contribution in [0, 0.1) is 5.92 Å². The molecular weight excluding hydrogens is 268 g/mol. The predicted molar refractivity (Wildman–Crippen MR) is 86.2 cm³/mol. The Morgan fingerprint density at radius 1 is 1.25 bits per heavy atom. The van der Waals surface area contributed by atoms with Crippen LogP contribution in [-0.4, -0.2) is 60.6 Å². The number of thiazole rings is 1. The van der Waals surface area contributed by atoms with Gasteiger partial charge >= 0.3 is 0 Å². The molecule has 0 amide bonds. The van der Waals surface area contributed by atoms with E-state index in [0.717, 1.165) is 6.54 Å². The molecule has 2 atom stereocenters. The van der Waals surface area contributed by atoms with E-state index >= 15 is 0 Å². The average Bonchev–Trinajstić information content (AvgIpc) is 2.94. The number of nitrogens with zero attached hydrogens (tertiary/aromatic N) is 3. The maximum absolute atomic E-state index is 4.40. The Labute approximate surface area is 127 Å². The summed E-state index contributed by atoms with van der Waals surface area (Å²) in [5.74, 6) is 0.675. The number of rotatable bonds is 6. The van der Waals surface area contributed by atoms with Crippen LogP contribution in [0.1, 0.15) is 31.8 Å². The molecule has 1 fully saturated rings. The van der Waals surface area contributed by atoms with Gasteiger partial charge in [-0.05, 0) is 19.9 Å². The number of aromatic nitrogens is 1. The predicted octanol–water partition coefficient (Wildman–Crippen LogP) is 2.07. The Hall–Kier alpha value is -0.490. The van der Waals surface area contributed by atoms with E-state index in [1.807, 2.05) is 11.6 Å². The molecular formula is C15H28N4S. The van der Waals surface area contributed by atoms with E-state index in [4.69, 9.17) is 0 Å². The largest absolute Gasteiger partial charge is 0.307 e. The van der Waals surface area contributed by atoms with Crippen LogP contribution in [0.5, 0.6) is 0 Å². The quantitative estimate of drug-likeness (QED) is 0.871. The zero-order chi connectivity index (χ0) is 14.5. The van der Waals surface area contributed by atoms with Crippen molar-refractivity contribution >= 4 is 11.3 Å². The van der Waals surface area contributed by atoms with Crippen molar-refractivity contribution in [3.63, 3.8) is 0 Å². The molecule has 0 spiro atoms. The molecule has 2 rings (SSSR count). The summed E-state index contributed by atoms with van der Waals surface area (Å²) in [4.78, 5) is 9.46. The van der Waals surface area contributed by atoms with Gasteiger partial charge in [0.1, 0.15) is 5.01 Å². The highest BCUT2D eigenvalue weighted by Crippen LogP contribution is 2.17. The van der Waals surface area contributed by atoms with E-state index in [2.05, 4.69) is 47.9 Å². The van der Waals surface area contributed by atoms with Gasteiger partial charge in [0.05, 0.1) is 6.04 Å². The summed E-state index contributed by atoms with van der Waals surface area (Å²) in [6.07, 6.45) is 1.89. The fraction of sp³-hybridized carbons (Fsp3) is 0.800. The molecule has 5 heteroatoms. The second-order valence-corrected chi connectivity index (χ2v) is 7.08. The molecule has 1 saturated heterocycles. The lowest BCUT2D eigenvalue weighted by Gasteiger charge is -2.40. The minimum absolute atomic E-state index is 0.351.